The highest BCUT2D eigenvalue weighted by Gasteiger charge is 2.29. The molecule has 3 heteroatoms. The lowest BCUT2D eigenvalue weighted by molar-refractivity contribution is 0.0573. The smallest absolute Gasteiger partial charge is 0.254 e. The highest BCUT2D eigenvalue weighted by atomic mass is 16.2. The molecule has 0 radical (unpaired) electrons. The fourth-order valence-electron chi connectivity index (χ4n) is 3.77. The molecule has 1 aliphatic carbocycles. The average molecular weight is 286 g/mol. The van der Waals surface area contributed by atoms with E-state index in [2.05, 4.69) is 19.1 Å². The van der Waals surface area contributed by atoms with Crippen molar-refractivity contribution in [2.24, 2.45) is 11.7 Å². The molecule has 1 saturated heterocycles. The third-order valence-corrected chi connectivity index (χ3v) is 5.11. The maximum Gasteiger partial charge on any atom is 0.254 e. The van der Waals surface area contributed by atoms with Gasteiger partial charge in [-0.2, -0.15) is 0 Å². The van der Waals surface area contributed by atoms with Crippen LogP contribution in [-0.2, 0) is 12.8 Å². The lowest BCUT2D eigenvalue weighted by atomic mass is 9.89. The zero-order chi connectivity index (χ0) is 14.8. The number of nitrogens with zero attached hydrogens (tertiary/aromatic N) is 1. The molecular weight excluding hydrogens is 260 g/mol. The van der Waals surface area contributed by atoms with E-state index >= 15 is 0 Å². The minimum atomic E-state index is 0.172. The third-order valence-electron chi connectivity index (χ3n) is 5.11. The van der Waals surface area contributed by atoms with E-state index in [9.17, 15) is 4.79 Å². The Morgan fingerprint density at radius 3 is 2.81 bits per heavy atom. The van der Waals surface area contributed by atoms with Crippen LogP contribution < -0.4 is 5.73 Å². The Morgan fingerprint density at radius 2 is 2.05 bits per heavy atom. The van der Waals surface area contributed by atoms with E-state index in [4.69, 9.17) is 5.73 Å². The number of nitrogens with two attached hydrogens (primary N) is 1. The van der Waals surface area contributed by atoms with E-state index in [-0.39, 0.29) is 11.9 Å². The van der Waals surface area contributed by atoms with Gasteiger partial charge in [-0.3, -0.25) is 4.79 Å². The van der Waals surface area contributed by atoms with Crippen LogP contribution in [-0.4, -0.2) is 29.9 Å². The number of fused-ring (bicyclic) bond motifs is 1. The third kappa shape index (κ3) is 2.98. The normalized spacial score (nSPS) is 25.5. The molecule has 0 spiro atoms. The number of likely N-dealkylation sites (tertiary alicyclic amines) is 1. The van der Waals surface area contributed by atoms with Gasteiger partial charge in [0, 0.05) is 24.7 Å². The molecular formula is C18H26N2O. The van der Waals surface area contributed by atoms with Crippen LogP contribution in [0.1, 0.15) is 54.1 Å². The number of carbonyl (C=O) groups is 1. The Hall–Kier alpha value is -1.35. The molecule has 1 heterocycles. The summed E-state index contributed by atoms with van der Waals surface area (Å²) in [7, 11) is 0. The van der Waals surface area contributed by atoms with Crippen LogP contribution in [0.2, 0.25) is 0 Å². The van der Waals surface area contributed by atoms with Crippen molar-refractivity contribution in [2.75, 3.05) is 13.1 Å². The van der Waals surface area contributed by atoms with Gasteiger partial charge in [0.1, 0.15) is 0 Å². The largest absolute Gasteiger partial charge is 0.334 e. The zero-order valence-corrected chi connectivity index (χ0v) is 13.0. The molecule has 21 heavy (non-hydrogen) atoms. The number of carbonyl (C=O) groups excluding carboxylic acids is 1. The highest BCUT2D eigenvalue weighted by molar-refractivity contribution is 5.94. The van der Waals surface area contributed by atoms with Crippen LogP contribution in [0.25, 0.3) is 0 Å². The zero-order valence-electron chi connectivity index (χ0n) is 13.0. The minimum Gasteiger partial charge on any atom is -0.334 e. The molecule has 1 amide bonds. The van der Waals surface area contributed by atoms with Gasteiger partial charge in [-0.25, -0.2) is 0 Å². The van der Waals surface area contributed by atoms with Gasteiger partial charge in [-0.1, -0.05) is 13.0 Å². The van der Waals surface area contributed by atoms with Crippen molar-refractivity contribution in [1.29, 1.82) is 0 Å². The number of benzene rings is 1. The van der Waals surface area contributed by atoms with E-state index < -0.39 is 0 Å². The molecule has 2 atom stereocenters. The van der Waals surface area contributed by atoms with Crippen LogP contribution >= 0.6 is 0 Å². The van der Waals surface area contributed by atoms with Gasteiger partial charge in [-0.05, 0) is 67.7 Å². The first-order chi connectivity index (χ1) is 10.2. The predicted molar refractivity (Wildman–Crippen MR) is 85.4 cm³/mol. The van der Waals surface area contributed by atoms with Crippen molar-refractivity contribution < 1.29 is 4.79 Å². The van der Waals surface area contributed by atoms with Gasteiger partial charge in [0.15, 0.2) is 0 Å². The molecule has 2 N–H and O–H groups in total. The summed E-state index contributed by atoms with van der Waals surface area (Å²) in [5.41, 5.74) is 9.55. The molecule has 0 bridgehead atoms. The number of rotatable bonds is 2. The number of amides is 1. The first kappa shape index (κ1) is 14.6. The van der Waals surface area contributed by atoms with Gasteiger partial charge >= 0.3 is 0 Å². The monoisotopic (exact) mass is 286 g/mol. The Labute approximate surface area is 127 Å². The van der Waals surface area contributed by atoms with Crippen molar-refractivity contribution in [1.82, 2.24) is 4.90 Å². The van der Waals surface area contributed by atoms with Crippen LogP contribution in [0.3, 0.4) is 0 Å². The van der Waals surface area contributed by atoms with Crippen LogP contribution in [0.15, 0.2) is 18.2 Å². The number of hydrogen-bond donors (Lipinski definition) is 1. The molecule has 1 aromatic carbocycles. The molecule has 1 fully saturated rings. The SMILES string of the molecule is CC1CCN(C(=O)c2ccc3c(c2)CCCC3)C(CN)C1. The lowest BCUT2D eigenvalue weighted by Crippen LogP contribution is -2.49. The fourth-order valence-corrected chi connectivity index (χ4v) is 3.77. The van der Waals surface area contributed by atoms with Crippen molar-refractivity contribution in [3.05, 3.63) is 34.9 Å². The number of hydrogen-bond acceptors (Lipinski definition) is 2. The number of aryl methyl sites for hydroxylation is 2. The molecule has 0 saturated carbocycles. The molecule has 3 rings (SSSR count). The number of piperidine rings is 1. The summed E-state index contributed by atoms with van der Waals surface area (Å²) in [4.78, 5) is 14.8. The van der Waals surface area contributed by atoms with Crippen LogP contribution in [0.4, 0.5) is 0 Å². The summed E-state index contributed by atoms with van der Waals surface area (Å²) < 4.78 is 0. The standard InChI is InChI=1S/C18H26N2O/c1-13-8-9-20(17(10-13)12-19)18(21)16-7-6-14-4-2-3-5-15(14)11-16/h6-7,11,13,17H,2-5,8-10,12,19H2,1H3. The van der Waals surface area contributed by atoms with Gasteiger partial charge in [0.25, 0.3) is 5.91 Å². The van der Waals surface area contributed by atoms with Crippen LogP contribution in [0, 0.1) is 5.92 Å². The second-order valence-electron chi connectivity index (χ2n) is 6.71. The first-order valence-corrected chi connectivity index (χ1v) is 8.32. The topological polar surface area (TPSA) is 46.3 Å². The molecule has 114 valence electrons. The molecule has 2 unspecified atom stereocenters. The fraction of sp³-hybridized carbons (Fsp3) is 0.611. The molecule has 3 nitrogen and oxygen atoms in total. The summed E-state index contributed by atoms with van der Waals surface area (Å²) in [6, 6.07) is 6.50. The van der Waals surface area contributed by atoms with Gasteiger partial charge < -0.3 is 10.6 Å². The van der Waals surface area contributed by atoms with Crippen molar-refractivity contribution in [2.45, 2.75) is 51.5 Å². The van der Waals surface area contributed by atoms with Gasteiger partial charge in [0.2, 0.25) is 0 Å². The van der Waals surface area contributed by atoms with E-state index in [1.54, 1.807) is 0 Å². The van der Waals surface area contributed by atoms with Gasteiger partial charge in [0.05, 0.1) is 0 Å². The minimum absolute atomic E-state index is 0.172. The van der Waals surface area contributed by atoms with Crippen molar-refractivity contribution in [3.63, 3.8) is 0 Å². The Bertz CT molecular complexity index is 526. The summed E-state index contributed by atoms with van der Waals surface area (Å²) >= 11 is 0. The second-order valence-corrected chi connectivity index (χ2v) is 6.71. The van der Waals surface area contributed by atoms with Crippen LogP contribution in [0.5, 0.6) is 0 Å². The lowest BCUT2D eigenvalue weighted by Gasteiger charge is -2.38. The Balaban J connectivity index is 1.81. The van der Waals surface area contributed by atoms with E-state index in [0.717, 1.165) is 37.8 Å². The van der Waals surface area contributed by atoms with Crippen molar-refractivity contribution >= 4 is 5.91 Å². The Morgan fingerprint density at radius 1 is 1.29 bits per heavy atom. The Kier molecular flexibility index (Phi) is 4.29. The van der Waals surface area contributed by atoms with E-state index in [1.807, 2.05) is 11.0 Å². The van der Waals surface area contributed by atoms with E-state index in [0.29, 0.717) is 12.5 Å². The first-order valence-electron chi connectivity index (χ1n) is 8.32. The molecule has 0 aromatic heterocycles. The summed E-state index contributed by atoms with van der Waals surface area (Å²) in [6.07, 6.45) is 6.93. The highest BCUT2D eigenvalue weighted by Crippen LogP contribution is 2.26. The summed E-state index contributed by atoms with van der Waals surface area (Å²) in [5, 5.41) is 0. The van der Waals surface area contributed by atoms with Crippen molar-refractivity contribution in [3.8, 4) is 0 Å². The maximum atomic E-state index is 12.8. The predicted octanol–water partition coefficient (Wildman–Crippen LogP) is 2.76. The average Bonchev–Trinajstić information content (AvgIpc) is 2.53. The second kappa shape index (κ2) is 6.18. The molecule has 1 aromatic rings. The maximum absolute atomic E-state index is 12.8. The molecule has 2 aliphatic rings. The quantitative estimate of drug-likeness (QED) is 0.908. The molecule has 1 aliphatic heterocycles. The van der Waals surface area contributed by atoms with E-state index in [1.165, 1.54) is 24.0 Å². The summed E-state index contributed by atoms with van der Waals surface area (Å²) in [5.74, 6) is 0.844. The summed E-state index contributed by atoms with van der Waals surface area (Å²) in [6.45, 7) is 3.67. The van der Waals surface area contributed by atoms with Gasteiger partial charge in [-0.15, -0.1) is 0 Å².